The number of hydrogen-bond donors (Lipinski definition) is 1. The number of piperidine rings is 1. The number of carbonyl (C=O) groups excluding carboxylic acids is 2. The average molecular weight is 422 g/mol. The van der Waals surface area contributed by atoms with Crippen molar-refractivity contribution in [2.45, 2.75) is 19.4 Å². The zero-order valence-corrected chi connectivity index (χ0v) is 16.9. The minimum absolute atomic E-state index is 0.0590. The molecule has 2 aromatic carbocycles. The molecule has 1 fully saturated rings. The zero-order chi connectivity index (χ0) is 21.6. The molecule has 4 rings (SSSR count). The SMILES string of the molecule is O=C(NCc1ccc(Oc2ccc(F)cc2)cc1)C1CCCN(C(=O)c2ccoc2)C1. The highest BCUT2D eigenvalue weighted by atomic mass is 19.1. The van der Waals surface area contributed by atoms with Crippen molar-refractivity contribution in [2.24, 2.45) is 5.92 Å². The van der Waals surface area contributed by atoms with E-state index in [1.165, 1.54) is 24.7 Å². The number of nitrogens with zero attached hydrogens (tertiary/aromatic N) is 1. The summed E-state index contributed by atoms with van der Waals surface area (Å²) < 4.78 is 23.6. The first-order chi connectivity index (χ1) is 15.1. The first-order valence-corrected chi connectivity index (χ1v) is 10.2. The van der Waals surface area contributed by atoms with Crippen molar-refractivity contribution in [1.82, 2.24) is 10.2 Å². The van der Waals surface area contributed by atoms with E-state index in [4.69, 9.17) is 9.15 Å². The van der Waals surface area contributed by atoms with E-state index in [1.807, 2.05) is 12.1 Å². The van der Waals surface area contributed by atoms with Crippen molar-refractivity contribution in [3.8, 4) is 11.5 Å². The normalized spacial score (nSPS) is 16.0. The minimum Gasteiger partial charge on any atom is -0.472 e. The van der Waals surface area contributed by atoms with Gasteiger partial charge in [0.15, 0.2) is 0 Å². The first-order valence-electron chi connectivity index (χ1n) is 10.2. The second-order valence-corrected chi connectivity index (χ2v) is 7.52. The summed E-state index contributed by atoms with van der Waals surface area (Å²) in [6.07, 6.45) is 4.44. The number of halogens is 1. The van der Waals surface area contributed by atoms with Crippen molar-refractivity contribution in [1.29, 1.82) is 0 Å². The lowest BCUT2D eigenvalue weighted by Gasteiger charge is -2.31. The molecule has 0 bridgehead atoms. The molecule has 0 radical (unpaired) electrons. The summed E-state index contributed by atoms with van der Waals surface area (Å²) in [5.41, 5.74) is 1.44. The quantitative estimate of drug-likeness (QED) is 0.640. The maximum Gasteiger partial charge on any atom is 0.257 e. The van der Waals surface area contributed by atoms with Crippen LogP contribution in [0.1, 0.15) is 28.8 Å². The van der Waals surface area contributed by atoms with Gasteiger partial charge >= 0.3 is 0 Å². The zero-order valence-electron chi connectivity index (χ0n) is 16.9. The lowest BCUT2D eigenvalue weighted by atomic mass is 9.96. The van der Waals surface area contributed by atoms with Crippen LogP contribution in [0.2, 0.25) is 0 Å². The van der Waals surface area contributed by atoms with Gasteiger partial charge in [0.25, 0.3) is 5.91 Å². The fourth-order valence-electron chi connectivity index (χ4n) is 3.59. The Balaban J connectivity index is 1.28. The van der Waals surface area contributed by atoms with Gasteiger partial charge < -0.3 is 19.4 Å². The maximum absolute atomic E-state index is 13.0. The Kier molecular flexibility index (Phi) is 6.31. The van der Waals surface area contributed by atoms with E-state index in [2.05, 4.69) is 5.32 Å². The molecule has 3 aromatic rings. The summed E-state index contributed by atoms with van der Waals surface area (Å²) in [6, 6.07) is 14.8. The van der Waals surface area contributed by atoms with E-state index in [1.54, 1.807) is 35.2 Å². The van der Waals surface area contributed by atoms with Crippen LogP contribution in [0.4, 0.5) is 4.39 Å². The van der Waals surface area contributed by atoms with Gasteiger partial charge in [-0.05, 0) is 60.9 Å². The fraction of sp³-hybridized carbons (Fsp3) is 0.250. The van der Waals surface area contributed by atoms with Crippen LogP contribution in [0.25, 0.3) is 0 Å². The van der Waals surface area contributed by atoms with E-state index in [0.717, 1.165) is 18.4 Å². The number of nitrogens with one attached hydrogen (secondary N) is 1. The number of likely N-dealkylation sites (tertiary alicyclic amines) is 1. The number of amides is 2. The van der Waals surface area contributed by atoms with E-state index in [-0.39, 0.29) is 23.5 Å². The highest BCUT2D eigenvalue weighted by Gasteiger charge is 2.29. The molecule has 1 aliphatic heterocycles. The number of ether oxygens (including phenoxy) is 1. The Morgan fingerprint density at radius 1 is 1.06 bits per heavy atom. The van der Waals surface area contributed by atoms with Crippen molar-refractivity contribution in [2.75, 3.05) is 13.1 Å². The van der Waals surface area contributed by atoms with Crippen LogP contribution in [0.15, 0.2) is 71.5 Å². The third kappa shape index (κ3) is 5.31. The molecule has 7 heteroatoms. The molecule has 6 nitrogen and oxygen atoms in total. The summed E-state index contributed by atoms with van der Waals surface area (Å²) in [7, 11) is 0. The number of hydrogen-bond acceptors (Lipinski definition) is 4. The highest BCUT2D eigenvalue weighted by Crippen LogP contribution is 2.22. The molecule has 2 heterocycles. The average Bonchev–Trinajstić information content (AvgIpc) is 3.34. The van der Waals surface area contributed by atoms with Crippen LogP contribution in [0.5, 0.6) is 11.5 Å². The Hall–Kier alpha value is -3.61. The van der Waals surface area contributed by atoms with Gasteiger partial charge in [-0.1, -0.05) is 12.1 Å². The van der Waals surface area contributed by atoms with Gasteiger partial charge in [-0.3, -0.25) is 9.59 Å². The molecule has 31 heavy (non-hydrogen) atoms. The molecule has 1 saturated heterocycles. The van der Waals surface area contributed by atoms with Crippen LogP contribution in [0.3, 0.4) is 0 Å². The molecule has 1 unspecified atom stereocenters. The molecule has 1 atom stereocenters. The van der Waals surface area contributed by atoms with Crippen molar-refractivity contribution in [3.05, 3.63) is 84.1 Å². The molecule has 0 saturated carbocycles. The number of benzene rings is 2. The molecular weight excluding hydrogens is 399 g/mol. The molecule has 1 aromatic heterocycles. The Bertz CT molecular complexity index is 1020. The lowest BCUT2D eigenvalue weighted by molar-refractivity contribution is -0.126. The van der Waals surface area contributed by atoms with Crippen LogP contribution >= 0.6 is 0 Å². The fourth-order valence-corrected chi connectivity index (χ4v) is 3.59. The molecule has 0 spiro atoms. The summed E-state index contributed by atoms with van der Waals surface area (Å²) in [4.78, 5) is 26.8. The molecular formula is C24H23FN2O4. The van der Waals surface area contributed by atoms with E-state index < -0.39 is 0 Å². The van der Waals surface area contributed by atoms with E-state index >= 15 is 0 Å². The first kappa shape index (κ1) is 20.7. The number of carbonyl (C=O) groups is 2. The van der Waals surface area contributed by atoms with Crippen molar-refractivity contribution >= 4 is 11.8 Å². The third-order valence-corrected chi connectivity index (χ3v) is 5.29. The molecule has 1 N–H and O–H groups in total. The summed E-state index contributed by atoms with van der Waals surface area (Å²) in [6.45, 7) is 1.44. The summed E-state index contributed by atoms with van der Waals surface area (Å²) >= 11 is 0. The van der Waals surface area contributed by atoms with Crippen LogP contribution in [-0.2, 0) is 11.3 Å². The molecule has 2 amide bonds. The van der Waals surface area contributed by atoms with Gasteiger partial charge in [-0.25, -0.2) is 4.39 Å². The molecule has 160 valence electrons. The van der Waals surface area contributed by atoms with Gasteiger partial charge in [0.05, 0.1) is 17.7 Å². The van der Waals surface area contributed by atoms with Gasteiger partial charge in [0, 0.05) is 19.6 Å². The summed E-state index contributed by atoms with van der Waals surface area (Å²) in [5, 5.41) is 2.96. The lowest BCUT2D eigenvalue weighted by Crippen LogP contribution is -2.45. The van der Waals surface area contributed by atoms with Crippen LogP contribution in [0, 0.1) is 11.7 Å². The minimum atomic E-state index is -0.314. The molecule has 0 aliphatic carbocycles. The van der Waals surface area contributed by atoms with Gasteiger partial charge in [0.2, 0.25) is 5.91 Å². The Morgan fingerprint density at radius 3 is 2.45 bits per heavy atom. The van der Waals surface area contributed by atoms with E-state index in [0.29, 0.717) is 36.7 Å². The van der Waals surface area contributed by atoms with Gasteiger partial charge in [-0.15, -0.1) is 0 Å². The van der Waals surface area contributed by atoms with Gasteiger partial charge in [0.1, 0.15) is 23.6 Å². The third-order valence-electron chi connectivity index (χ3n) is 5.29. The van der Waals surface area contributed by atoms with E-state index in [9.17, 15) is 14.0 Å². The monoisotopic (exact) mass is 422 g/mol. The predicted molar refractivity (Wildman–Crippen MR) is 112 cm³/mol. The predicted octanol–water partition coefficient (Wildman–Crippen LogP) is 4.38. The summed E-state index contributed by atoms with van der Waals surface area (Å²) in [5.74, 6) is 0.465. The van der Waals surface area contributed by atoms with Crippen molar-refractivity contribution in [3.63, 3.8) is 0 Å². The number of rotatable bonds is 6. The molecule has 1 aliphatic rings. The van der Waals surface area contributed by atoms with Crippen LogP contribution in [-0.4, -0.2) is 29.8 Å². The highest BCUT2D eigenvalue weighted by molar-refractivity contribution is 5.94. The second kappa shape index (κ2) is 9.47. The standard InChI is InChI=1S/C24H23FN2O4/c25-20-5-9-22(10-6-20)31-21-7-3-17(4-8-21)14-26-23(28)18-2-1-12-27(15-18)24(29)19-11-13-30-16-19/h3-11,13,16,18H,1-2,12,14-15H2,(H,26,28). The Morgan fingerprint density at radius 2 is 1.77 bits per heavy atom. The largest absolute Gasteiger partial charge is 0.472 e. The number of furan rings is 1. The van der Waals surface area contributed by atoms with Crippen molar-refractivity contribution < 1.29 is 23.1 Å². The Labute approximate surface area is 179 Å². The second-order valence-electron chi connectivity index (χ2n) is 7.52. The maximum atomic E-state index is 13.0. The smallest absolute Gasteiger partial charge is 0.257 e. The van der Waals surface area contributed by atoms with Crippen LogP contribution < -0.4 is 10.1 Å². The topological polar surface area (TPSA) is 71.8 Å². The van der Waals surface area contributed by atoms with Gasteiger partial charge in [-0.2, -0.15) is 0 Å².